The van der Waals surface area contributed by atoms with Crippen LogP contribution in [0.15, 0.2) is 48.6 Å². The van der Waals surface area contributed by atoms with Crippen molar-refractivity contribution in [2.45, 2.75) is 32.6 Å². The molecule has 2 aliphatic rings. The summed E-state index contributed by atoms with van der Waals surface area (Å²) in [5, 5.41) is 3.96. The first-order chi connectivity index (χ1) is 14.3. The molecule has 0 radical (unpaired) electrons. The fourth-order valence-electron chi connectivity index (χ4n) is 4.56. The van der Waals surface area contributed by atoms with Gasteiger partial charge < -0.3 is 10.1 Å². The summed E-state index contributed by atoms with van der Waals surface area (Å²) in [6.45, 7) is 6.45. The number of benzene rings is 2. The Kier molecular flexibility index (Phi) is 5.65. The third kappa shape index (κ3) is 3.99. The van der Waals surface area contributed by atoms with E-state index < -0.39 is 5.41 Å². The first kappa shape index (κ1) is 21.0. The van der Waals surface area contributed by atoms with Crippen LogP contribution < -0.4 is 5.32 Å². The van der Waals surface area contributed by atoms with Crippen molar-refractivity contribution in [3.8, 4) is 0 Å². The van der Waals surface area contributed by atoms with Gasteiger partial charge in [0.15, 0.2) is 0 Å². The van der Waals surface area contributed by atoms with Crippen LogP contribution in [0, 0.1) is 18.3 Å². The molecule has 30 heavy (non-hydrogen) atoms. The maximum atomic E-state index is 12.4. The monoisotopic (exact) mass is 443 g/mol. The van der Waals surface area contributed by atoms with E-state index in [1.54, 1.807) is 6.07 Å². The van der Waals surface area contributed by atoms with E-state index in [0.717, 1.165) is 28.7 Å². The molecule has 156 valence electrons. The molecule has 4 rings (SSSR count). The van der Waals surface area contributed by atoms with Crippen LogP contribution in [0.5, 0.6) is 0 Å². The van der Waals surface area contributed by atoms with E-state index >= 15 is 0 Å². The average Bonchev–Trinajstić information content (AvgIpc) is 3.15. The molecule has 6 heteroatoms. The first-order valence-corrected chi connectivity index (χ1v) is 10.7. The van der Waals surface area contributed by atoms with Crippen LogP contribution in [0.1, 0.15) is 29.5 Å². The van der Waals surface area contributed by atoms with E-state index in [9.17, 15) is 9.59 Å². The minimum Gasteiger partial charge on any atom is -0.465 e. The molecule has 2 aromatic rings. The number of fused-ring (bicyclic) bond motifs is 1. The van der Waals surface area contributed by atoms with Crippen LogP contribution in [0.4, 0.5) is 5.69 Å². The topological polar surface area (TPSA) is 55.4 Å². The van der Waals surface area contributed by atoms with Gasteiger partial charge in [-0.25, -0.2) is 0 Å². The second-order valence-electron chi connectivity index (χ2n) is 8.37. The fraction of sp³-hybridized carbons (Fsp3) is 0.333. The zero-order valence-electron chi connectivity index (χ0n) is 16.8. The predicted molar refractivity (Wildman–Crippen MR) is 119 cm³/mol. The SMILES string of the molecule is C=C1CC2COC(=O)C2(Cc2ccc(NC(=O)Cc3cc(C)c(Cl)cc3Cl)cc2)C1. The second-order valence-corrected chi connectivity index (χ2v) is 9.19. The normalized spacial score (nSPS) is 22.7. The number of allylic oxidation sites excluding steroid dienone is 1. The highest BCUT2D eigenvalue weighted by atomic mass is 35.5. The summed E-state index contributed by atoms with van der Waals surface area (Å²) in [5.74, 6) is -0.0559. The molecular weight excluding hydrogens is 421 g/mol. The zero-order valence-corrected chi connectivity index (χ0v) is 18.3. The van der Waals surface area contributed by atoms with Crippen LogP contribution >= 0.6 is 23.2 Å². The number of ether oxygens (including phenoxy) is 1. The van der Waals surface area contributed by atoms with Gasteiger partial charge in [0.05, 0.1) is 18.4 Å². The number of hydrogen-bond acceptors (Lipinski definition) is 3. The molecule has 2 unspecified atom stereocenters. The lowest BCUT2D eigenvalue weighted by Crippen LogP contribution is -2.31. The number of carbonyl (C=O) groups is 2. The number of nitrogens with one attached hydrogen (secondary N) is 1. The van der Waals surface area contributed by atoms with Gasteiger partial charge in [0.2, 0.25) is 5.91 Å². The summed E-state index contributed by atoms with van der Waals surface area (Å²) in [7, 11) is 0. The number of aryl methyl sites for hydroxylation is 1. The highest BCUT2D eigenvalue weighted by Gasteiger charge is 2.55. The Hall–Kier alpha value is -2.30. The molecular formula is C24H23Cl2NO3. The Morgan fingerprint density at radius 3 is 2.70 bits per heavy atom. The van der Waals surface area contributed by atoms with Gasteiger partial charge in [-0.05, 0) is 61.1 Å². The summed E-state index contributed by atoms with van der Waals surface area (Å²) in [4.78, 5) is 24.9. The highest BCUT2D eigenvalue weighted by molar-refractivity contribution is 6.35. The largest absolute Gasteiger partial charge is 0.465 e. The molecule has 1 saturated carbocycles. The number of anilines is 1. The number of carbonyl (C=O) groups excluding carboxylic acids is 2. The Balaban J connectivity index is 1.42. The third-order valence-corrected chi connectivity index (χ3v) is 6.90. The first-order valence-electron chi connectivity index (χ1n) is 9.94. The van der Waals surface area contributed by atoms with Crippen LogP contribution in [-0.2, 0) is 27.2 Å². The standard InChI is InChI=1S/C24H23Cl2NO3/c1-14-7-18-13-30-23(29)24(18,11-14)12-16-3-5-19(6-4-16)27-22(28)9-17-8-15(2)20(25)10-21(17)26/h3-6,8,10,18H,1,7,9,11-13H2,2H3,(H,27,28). The molecule has 1 saturated heterocycles. The molecule has 2 atom stereocenters. The van der Waals surface area contributed by atoms with Crippen molar-refractivity contribution in [3.05, 3.63) is 75.3 Å². The van der Waals surface area contributed by atoms with E-state index in [1.807, 2.05) is 37.3 Å². The average molecular weight is 444 g/mol. The molecule has 1 amide bonds. The lowest BCUT2D eigenvalue weighted by Gasteiger charge is -2.24. The van der Waals surface area contributed by atoms with E-state index in [1.165, 1.54) is 0 Å². The molecule has 0 spiro atoms. The Labute approximate surface area is 186 Å². The minimum atomic E-state index is -0.481. The van der Waals surface area contributed by atoms with Crippen LogP contribution in [0.2, 0.25) is 10.0 Å². The van der Waals surface area contributed by atoms with Crippen molar-refractivity contribution in [1.29, 1.82) is 0 Å². The molecule has 1 N–H and O–H groups in total. The number of halogens is 2. The maximum absolute atomic E-state index is 12.4. The molecule has 2 fully saturated rings. The Bertz CT molecular complexity index is 1030. The lowest BCUT2D eigenvalue weighted by atomic mass is 9.75. The maximum Gasteiger partial charge on any atom is 0.313 e. The zero-order chi connectivity index (χ0) is 21.5. The summed E-state index contributed by atoms with van der Waals surface area (Å²) < 4.78 is 5.35. The number of amides is 1. The molecule has 4 nitrogen and oxygen atoms in total. The molecule has 1 aliphatic carbocycles. The molecule has 1 heterocycles. The van der Waals surface area contributed by atoms with Gasteiger partial charge in [0, 0.05) is 21.7 Å². The third-order valence-electron chi connectivity index (χ3n) is 6.14. The van der Waals surface area contributed by atoms with E-state index in [2.05, 4.69) is 11.9 Å². The van der Waals surface area contributed by atoms with Crippen LogP contribution in [-0.4, -0.2) is 18.5 Å². The van der Waals surface area contributed by atoms with Crippen molar-refractivity contribution in [2.75, 3.05) is 11.9 Å². The summed E-state index contributed by atoms with van der Waals surface area (Å²) >= 11 is 12.3. The number of esters is 1. The van der Waals surface area contributed by atoms with Crippen molar-refractivity contribution in [2.24, 2.45) is 11.3 Å². The summed E-state index contributed by atoms with van der Waals surface area (Å²) in [6, 6.07) is 11.1. The number of hydrogen-bond donors (Lipinski definition) is 1. The number of cyclic esters (lactones) is 1. The lowest BCUT2D eigenvalue weighted by molar-refractivity contribution is -0.146. The van der Waals surface area contributed by atoms with Crippen LogP contribution in [0.25, 0.3) is 0 Å². The van der Waals surface area contributed by atoms with E-state index in [-0.39, 0.29) is 24.2 Å². The second kappa shape index (κ2) is 8.09. The van der Waals surface area contributed by atoms with Gasteiger partial charge in [-0.2, -0.15) is 0 Å². The van der Waals surface area contributed by atoms with Gasteiger partial charge in [-0.3, -0.25) is 9.59 Å². The van der Waals surface area contributed by atoms with Gasteiger partial charge in [0.1, 0.15) is 0 Å². The molecule has 0 aromatic heterocycles. The van der Waals surface area contributed by atoms with Gasteiger partial charge in [0.25, 0.3) is 0 Å². The predicted octanol–water partition coefficient (Wildman–Crippen LogP) is 5.53. The van der Waals surface area contributed by atoms with Crippen molar-refractivity contribution >= 4 is 40.8 Å². The smallest absolute Gasteiger partial charge is 0.313 e. The molecule has 1 aliphatic heterocycles. The van der Waals surface area contributed by atoms with E-state index in [0.29, 0.717) is 35.2 Å². The Morgan fingerprint density at radius 1 is 1.23 bits per heavy atom. The van der Waals surface area contributed by atoms with Gasteiger partial charge in [-0.1, -0.05) is 53.6 Å². The van der Waals surface area contributed by atoms with Crippen LogP contribution in [0.3, 0.4) is 0 Å². The van der Waals surface area contributed by atoms with E-state index in [4.69, 9.17) is 27.9 Å². The highest BCUT2D eigenvalue weighted by Crippen LogP contribution is 2.52. The number of rotatable bonds is 5. The fourth-order valence-corrected chi connectivity index (χ4v) is 5.01. The van der Waals surface area contributed by atoms with Gasteiger partial charge >= 0.3 is 5.97 Å². The quantitative estimate of drug-likeness (QED) is 0.487. The molecule has 2 aromatic carbocycles. The van der Waals surface area contributed by atoms with Gasteiger partial charge in [-0.15, -0.1) is 0 Å². The summed E-state index contributed by atoms with van der Waals surface area (Å²) in [5.41, 5.74) is 4.00. The van der Waals surface area contributed by atoms with Crippen molar-refractivity contribution in [1.82, 2.24) is 0 Å². The molecule has 0 bridgehead atoms. The summed E-state index contributed by atoms with van der Waals surface area (Å²) in [6.07, 6.45) is 2.34. The van der Waals surface area contributed by atoms with Crippen molar-refractivity contribution < 1.29 is 14.3 Å². The van der Waals surface area contributed by atoms with Crippen molar-refractivity contribution in [3.63, 3.8) is 0 Å². The minimum absolute atomic E-state index is 0.112. The Morgan fingerprint density at radius 2 is 1.97 bits per heavy atom.